The zero-order chi connectivity index (χ0) is 13.0. The molecule has 1 saturated heterocycles. The van der Waals surface area contributed by atoms with Gasteiger partial charge in [0, 0.05) is 31.8 Å². The Morgan fingerprint density at radius 3 is 2.83 bits per heavy atom. The summed E-state index contributed by atoms with van der Waals surface area (Å²) in [6.07, 6.45) is 2.19. The number of rotatable bonds is 3. The van der Waals surface area contributed by atoms with Crippen molar-refractivity contribution in [2.24, 2.45) is 5.92 Å². The van der Waals surface area contributed by atoms with Gasteiger partial charge in [0.2, 0.25) is 0 Å². The van der Waals surface area contributed by atoms with Gasteiger partial charge in [-0.3, -0.25) is 0 Å². The molecule has 0 bridgehead atoms. The van der Waals surface area contributed by atoms with Crippen molar-refractivity contribution in [3.63, 3.8) is 0 Å². The predicted molar refractivity (Wildman–Crippen MR) is 73.0 cm³/mol. The molecule has 96 valence electrons. The zero-order valence-electron chi connectivity index (χ0n) is 10.5. The smallest absolute Gasteiger partial charge is 0.101 e. The Kier molecular flexibility index (Phi) is 4.46. The predicted octanol–water partition coefficient (Wildman–Crippen LogP) is 3.07. The Morgan fingerprint density at radius 1 is 1.44 bits per heavy atom. The molecule has 1 aromatic rings. The molecule has 0 N–H and O–H groups in total. The van der Waals surface area contributed by atoms with Crippen LogP contribution in [-0.2, 0) is 4.74 Å². The van der Waals surface area contributed by atoms with Gasteiger partial charge in [0.15, 0.2) is 0 Å². The summed E-state index contributed by atoms with van der Waals surface area (Å²) in [5.74, 6) is 0.644. The highest BCUT2D eigenvalue weighted by Crippen LogP contribution is 2.25. The van der Waals surface area contributed by atoms with Gasteiger partial charge in [-0.15, -0.1) is 0 Å². The fourth-order valence-corrected chi connectivity index (χ4v) is 2.52. The average Bonchev–Trinajstić information content (AvgIpc) is 2.39. The van der Waals surface area contributed by atoms with E-state index < -0.39 is 0 Å². The van der Waals surface area contributed by atoms with E-state index in [0.29, 0.717) is 16.5 Å². The van der Waals surface area contributed by atoms with Gasteiger partial charge in [-0.25, -0.2) is 0 Å². The molecule has 18 heavy (non-hydrogen) atoms. The highest BCUT2D eigenvalue weighted by atomic mass is 35.5. The van der Waals surface area contributed by atoms with E-state index in [1.54, 1.807) is 6.07 Å². The molecular formula is C14H17ClN2O. The Bertz CT molecular complexity index is 450. The number of hydrogen-bond acceptors (Lipinski definition) is 3. The first kappa shape index (κ1) is 13.2. The molecule has 1 aliphatic rings. The van der Waals surface area contributed by atoms with Crippen LogP contribution in [0.1, 0.15) is 18.4 Å². The summed E-state index contributed by atoms with van der Waals surface area (Å²) in [4.78, 5) is 2.14. The minimum Gasteiger partial charge on any atom is -0.381 e. The zero-order valence-corrected chi connectivity index (χ0v) is 11.3. The highest BCUT2D eigenvalue weighted by molar-refractivity contribution is 6.30. The van der Waals surface area contributed by atoms with Gasteiger partial charge in [-0.1, -0.05) is 11.6 Å². The van der Waals surface area contributed by atoms with Crippen LogP contribution >= 0.6 is 11.6 Å². The van der Waals surface area contributed by atoms with Gasteiger partial charge < -0.3 is 9.64 Å². The molecule has 1 aliphatic heterocycles. The van der Waals surface area contributed by atoms with Crippen molar-refractivity contribution in [2.45, 2.75) is 12.8 Å². The number of benzene rings is 1. The third-order valence-electron chi connectivity index (χ3n) is 3.36. The molecule has 2 rings (SSSR count). The number of hydrogen-bond donors (Lipinski definition) is 0. The van der Waals surface area contributed by atoms with E-state index >= 15 is 0 Å². The minimum absolute atomic E-state index is 0.606. The van der Waals surface area contributed by atoms with E-state index in [0.717, 1.165) is 38.3 Å². The summed E-state index contributed by atoms with van der Waals surface area (Å²) < 4.78 is 5.36. The molecule has 0 aliphatic carbocycles. The normalized spacial score (nSPS) is 16.3. The van der Waals surface area contributed by atoms with Crippen LogP contribution in [0.25, 0.3) is 0 Å². The van der Waals surface area contributed by atoms with Gasteiger partial charge in [0.1, 0.15) is 6.07 Å². The lowest BCUT2D eigenvalue weighted by atomic mass is 9.99. The lowest BCUT2D eigenvalue weighted by Crippen LogP contribution is -2.29. The fraction of sp³-hybridized carbons (Fsp3) is 0.500. The first-order valence-corrected chi connectivity index (χ1v) is 6.57. The Labute approximate surface area is 113 Å². The average molecular weight is 265 g/mol. The van der Waals surface area contributed by atoms with E-state index in [2.05, 4.69) is 11.0 Å². The standard InChI is InChI=1S/C14H17ClN2O/c1-17(10-11-4-6-18-7-5-11)14-3-2-13(15)8-12(14)9-16/h2-3,8,11H,4-7,10H2,1H3. The van der Waals surface area contributed by atoms with Crippen molar-refractivity contribution in [3.05, 3.63) is 28.8 Å². The van der Waals surface area contributed by atoms with Crippen LogP contribution in [-0.4, -0.2) is 26.8 Å². The summed E-state index contributed by atoms with van der Waals surface area (Å²) in [5.41, 5.74) is 1.59. The van der Waals surface area contributed by atoms with Crippen molar-refractivity contribution in [1.29, 1.82) is 5.26 Å². The summed E-state index contributed by atoms with van der Waals surface area (Å²) in [6, 6.07) is 7.67. The lowest BCUT2D eigenvalue weighted by Gasteiger charge is -2.29. The molecule has 0 saturated carbocycles. The van der Waals surface area contributed by atoms with E-state index in [1.165, 1.54) is 0 Å². The quantitative estimate of drug-likeness (QED) is 0.842. The maximum Gasteiger partial charge on any atom is 0.101 e. The molecular weight excluding hydrogens is 248 g/mol. The SMILES string of the molecule is CN(CC1CCOCC1)c1ccc(Cl)cc1C#N. The van der Waals surface area contributed by atoms with Crippen LogP contribution in [0.15, 0.2) is 18.2 Å². The number of anilines is 1. The first-order chi connectivity index (χ1) is 8.70. The Hall–Kier alpha value is -1.24. The topological polar surface area (TPSA) is 36.3 Å². The van der Waals surface area contributed by atoms with Crippen molar-refractivity contribution >= 4 is 17.3 Å². The van der Waals surface area contributed by atoms with Crippen molar-refractivity contribution in [2.75, 3.05) is 31.7 Å². The molecule has 1 heterocycles. The van der Waals surface area contributed by atoms with Crippen LogP contribution in [0, 0.1) is 17.2 Å². The molecule has 0 amide bonds. The van der Waals surface area contributed by atoms with Crippen LogP contribution in [0.5, 0.6) is 0 Å². The van der Waals surface area contributed by atoms with Gasteiger partial charge >= 0.3 is 0 Å². The second kappa shape index (κ2) is 6.08. The summed E-state index contributed by atoms with van der Waals surface area (Å²) >= 11 is 5.91. The molecule has 0 atom stereocenters. The van der Waals surface area contributed by atoms with E-state index in [1.807, 2.05) is 19.2 Å². The number of ether oxygens (including phenoxy) is 1. The van der Waals surface area contributed by atoms with Crippen LogP contribution < -0.4 is 4.90 Å². The number of nitriles is 1. The second-order valence-electron chi connectivity index (χ2n) is 4.71. The Morgan fingerprint density at radius 2 is 2.17 bits per heavy atom. The van der Waals surface area contributed by atoms with Crippen molar-refractivity contribution in [1.82, 2.24) is 0 Å². The van der Waals surface area contributed by atoms with Gasteiger partial charge in [-0.05, 0) is 37.0 Å². The van der Waals surface area contributed by atoms with Crippen LogP contribution in [0.2, 0.25) is 5.02 Å². The van der Waals surface area contributed by atoms with Crippen LogP contribution in [0.3, 0.4) is 0 Å². The van der Waals surface area contributed by atoms with E-state index in [4.69, 9.17) is 21.6 Å². The van der Waals surface area contributed by atoms with Gasteiger partial charge in [-0.2, -0.15) is 5.26 Å². The second-order valence-corrected chi connectivity index (χ2v) is 5.15. The maximum absolute atomic E-state index is 9.14. The molecule has 0 aromatic heterocycles. The Balaban J connectivity index is 2.08. The van der Waals surface area contributed by atoms with E-state index in [9.17, 15) is 0 Å². The molecule has 3 nitrogen and oxygen atoms in total. The third kappa shape index (κ3) is 3.16. The summed E-state index contributed by atoms with van der Waals surface area (Å²) in [5, 5.41) is 9.75. The third-order valence-corrected chi connectivity index (χ3v) is 3.60. The molecule has 0 unspecified atom stereocenters. The molecule has 0 spiro atoms. The van der Waals surface area contributed by atoms with Crippen molar-refractivity contribution in [3.8, 4) is 6.07 Å². The molecule has 4 heteroatoms. The van der Waals surface area contributed by atoms with E-state index in [-0.39, 0.29) is 0 Å². The largest absolute Gasteiger partial charge is 0.381 e. The molecule has 0 radical (unpaired) electrons. The lowest BCUT2D eigenvalue weighted by molar-refractivity contribution is 0.0685. The first-order valence-electron chi connectivity index (χ1n) is 6.19. The molecule has 1 fully saturated rings. The number of halogens is 1. The van der Waals surface area contributed by atoms with Crippen LogP contribution in [0.4, 0.5) is 5.69 Å². The minimum atomic E-state index is 0.606. The number of nitrogens with zero attached hydrogens (tertiary/aromatic N) is 2. The monoisotopic (exact) mass is 264 g/mol. The fourth-order valence-electron chi connectivity index (χ4n) is 2.35. The molecule has 1 aromatic carbocycles. The van der Waals surface area contributed by atoms with Gasteiger partial charge in [0.25, 0.3) is 0 Å². The maximum atomic E-state index is 9.14. The summed E-state index contributed by atoms with van der Waals surface area (Å²) in [6.45, 7) is 2.66. The highest BCUT2D eigenvalue weighted by Gasteiger charge is 2.17. The van der Waals surface area contributed by atoms with Crippen molar-refractivity contribution < 1.29 is 4.74 Å². The van der Waals surface area contributed by atoms with Gasteiger partial charge in [0.05, 0.1) is 11.3 Å². The summed E-state index contributed by atoms with van der Waals surface area (Å²) in [7, 11) is 2.03.